The molecule has 0 fully saturated rings. The molecule has 1 aromatic carbocycles. The van der Waals surface area contributed by atoms with E-state index in [-0.39, 0.29) is 5.97 Å². The van der Waals surface area contributed by atoms with Crippen molar-refractivity contribution in [1.29, 1.82) is 0 Å². The third-order valence-corrected chi connectivity index (χ3v) is 4.90. The Morgan fingerprint density at radius 3 is 2.70 bits per heavy atom. The zero-order valence-electron chi connectivity index (χ0n) is 12.8. The number of fused-ring (bicyclic) bond motifs is 1. The van der Waals surface area contributed by atoms with Gasteiger partial charge in [0.05, 0.1) is 12.0 Å². The molecule has 0 aliphatic rings. The number of rotatable bonds is 4. The van der Waals surface area contributed by atoms with E-state index in [1.54, 1.807) is 6.92 Å². The van der Waals surface area contributed by atoms with Crippen LogP contribution < -0.4 is 0 Å². The van der Waals surface area contributed by atoms with Gasteiger partial charge in [-0.2, -0.15) is 0 Å². The molecule has 3 aromatic rings. The molecule has 2 aromatic heterocycles. The maximum Gasteiger partial charge on any atom is 0.348 e. The Morgan fingerprint density at radius 1 is 1.26 bits per heavy atom. The summed E-state index contributed by atoms with van der Waals surface area (Å²) in [5, 5.41) is 1.11. The summed E-state index contributed by atoms with van der Waals surface area (Å²) in [7, 11) is 0. The molecular formula is C17H15ClN2O2S. The number of esters is 1. The molecule has 0 spiro atoms. The third-order valence-electron chi connectivity index (χ3n) is 3.46. The molecule has 23 heavy (non-hydrogen) atoms. The Kier molecular flexibility index (Phi) is 4.59. The Labute approximate surface area is 143 Å². The molecule has 2 heterocycles. The second-order valence-corrected chi connectivity index (χ2v) is 6.41. The summed E-state index contributed by atoms with van der Waals surface area (Å²) >= 11 is 7.63. The standard InChI is InChI=1S/C17H15ClN2O2S/c1-3-22-17(21)14-10(2)13-15(18)19-12(20-16(13)23-14)9-11-7-5-4-6-8-11/h4-8H,3,9H2,1-2H3. The fraction of sp³-hybridized carbons (Fsp3) is 0.235. The third kappa shape index (κ3) is 3.21. The van der Waals surface area contributed by atoms with Gasteiger partial charge in [0.15, 0.2) is 0 Å². The van der Waals surface area contributed by atoms with Gasteiger partial charge in [-0.05, 0) is 25.0 Å². The number of thiophene rings is 1. The number of hydrogen-bond donors (Lipinski definition) is 0. The zero-order chi connectivity index (χ0) is 16.4. The molecule has 4 nitrogen and oxygen atoms in total. The van der Waals surface area contributed by atoms with Gasteiger partial charge in [0.25, 0.3) is 0 Å². The number of benzene rings is 1. The fourth-order valence-corrected chi connectivity index (χ4v) is 3.86. The highest BCUT2D eigenvalue weighted by Crippen LogP contribution is 2.34. The van der Waals surface area contributed by atoms with Crippen molar-refractivity contribution in [1.82, 2.24) is 9.97 Å². The molecule has 0 N–H and O–H groups in total. The van der Waals surface area contributed by atoms with E-state index in [0.29, 0.717) is 28.9 Å². The average molecular weight is 347 g/mol. The van der Waals surface area contributed by atoms with Crippen LogP contribution in [0.4, 0.5) is 0 Å². The number of aryl methyl sites for hydroxylation is 1. The van der Waals surface area contributed by atoms with Gasteiger partial charge in [-0.15, -0.1) is 11.3 Å². The van der Waals surface area contributed by atoms with Crippen molar-refractivity contribution in [3.05, 3.63) is 57.3 Å². The number of halogens is 1. The number of hydrogen-bond acceptors (Lipinski definition) is 5. The summed E-state index contributed by atoms with van der Waals surface area (Å²) in [6.45, 7) is 3.97. The summed E-state index contributed by atoms with van der Waals surface area (Å²) in [6, 6.07) is 9.96. The quantitative estimate of drug-likeness (QED) is 0.518. The van der Waals surface area contributed by atoms with Gasteiger partial charge < -0.3 is 4.74 Å². The number of ether oxygens (including phenoxy) is 1. The maximum atomic E-state index is 12.0. The van der Waals surface area contributed by atoms with Crippen LogP contribution in [0.5, 0.6) is 0 Å². The van der Waals surface area contributed by atoms with E-state index in [1.165, 1.54) is 11.3 Å². The SMILES string of the molecule is CCOC(=O)c1sc2nc(Cc3ccccc3)nc(Cl)c2c1C. The lowest BCUT2D eigenvalue weighted by Crippen LogP contribution is -2.03. The summed E-state index contributed by atoms with van der Waals surface area (Å²) in [4.78, 5) is 22.2. The lowest BCUT2D eigenvalue weighted by atomic mass is 10.1. The minimum Gasteiger partial charge on any atom is -0.462 e. The normalized spacial score (nSPS) is 10.9. The van der Waals surface area contributed by atoms with Gasteiger partial charge in [0.1, 0.15) is 20.7 Å². The molecule has 0 unspecified atom stereocenters. The molecule has 3 rings (SSSR count). The van der Waals surface area contributed by atoms with Gasteiger partial charge in [-0.1, -0.05) is 41.9 Å². The van der Waals surface area contributed by atoms with Crippen LogP contribution in [0.1, 0.15) is 33.5 Å². The van der Waals surface area contributed by atoms with Crippen LogP contribution in [0.15, 0.2) is 30.3 Å². The summed E-state index contributed by atoms with van der Waals surface area (Å²) < 4.78 is 5.08. The first kappa shape index (κ1) is 15.9. The van der Waals surface area contributed by atoms with Crippen molar-refractivity contribution >= 4 is 39.1 Å². The molecule has 0 aliphatic carbocycles. The van der Waals surface area contributed by atoms with Crippen LogP contribution in [-0.2, 0) is 11.2 Å². The molecule has 0 bridgehead atoms. The van der Waals surface area contributed by atoms with Crippen LogP contribution in [0.25, 0.3) is 10.2 Å². The maximum absolute atomic E-state index is 12.0. The molecule has 118 valence electrons. The molecule has 0 saturated carbocycles. The van der Waals surface area contributed by atoms with Crippen molar-refractivity contribution < 1.29 is 9.53 Å². The Balaban J connectivity index is 2.03. The number of carbonyl (C=O) groups is 1. The van der Waals surface area contributed by atoms with Crippen LogP contribution in [0, 0.1) is 6.92 Å². The van der Waals surface area contributed by atoms with Crippen LogP contribution >= 0.6 is 22.9 Å². The number of nitrogens with zero attached hydrogens (tertiary/aromatic N) is 2. The Hall–Kier alpha value is -1.98. The van der Waals surface area contributed by atoms with Crippen molar-refractivity contribution in [3.63, 3.8) is 0 Å². The van der Waals surface area contributed by atoms with Gasteiger partial charge in [-0.3, -0.25) is 0 Å². The minimum absolute atomic E-state index is 0.338. The first-order valence-corrected chi connectivity index (χ1v) is 8.46. The van der Waals surface area contributed by atoms with E-state index < -0.39 is 0 Å². The Bertz CT molecular complexity index is 862. The highest BCUT2D eigenvalue weighted by atomic mass is 35.5. The summed E-state index contributed by atoms with van der Waals surface area (Å²) in [5.41, 5.74) is 1.89. The highest BCUT2D eigenvalue weighted by Gasteiger charge is 2.20. The molecule has 0 atom stereocenters. The minimum atomic E-state index is -0.339. The number of aromatic nitrogens is 2. The van der Waals surface area contributed by atoms with E-state index in [2.05, 4.69) is 9.97 Å². The molecule has 0 radical (unpaired) electrons. The average Bonchev–Trinajstić information content (AvgIpc) is 2.86. The van der Waals surface area contributed by atoms with E-state index >= 15 is 0 Å². The molecular weight excluding hydrogens is 332 g/mol. The molecule has 0 saturated heterocycles. The lowest BCUT2D eigenvalue weighted by molar-refractivity contribution is 0.0531. The molecule has 6 heteroatoms. The predicted molar refractivity (Wildman–Crippen MR) is 92.4 cm³/mol. The van der Waals surface area contributed by atoms with Crippen LogP contribution in [0.2, 0.25) is 5.15 Å². The van der Waals surface area contributed by atoms with Gasteiger partial charge in [0, 0.05) is 6.42 Å². The van der Waals surface area contributed by atoms with E-state index in [9.17, 15) is 4.79 Å². The van der Waals surface area contributed by atoms with Crippen molar-refractivity contribution in [2.75, 3.05) is 6.61 Å². The van der Waals surface area contributed by atoms with E-state index in [1.807, 2.05) is 37.3 Å². The van der Waals surface area contributed by atoms with Crippen molar-refractivity contribution in [2.24, 2.45) is 0 Å². The topological polar surface area (TPSA) is 52.1 Å². The van der Waals surface area contributed by atoms with Gasteiger partial charge in [-0.25, -0.2) is 14.8 Å². The first-order chi connectivity index (χ1) is 11.1. The van der Waals surface area contributed by atoms with Crippen LogP contribution in [-0.4, -0.2) is 22.5 Å². The smallest absolute Gasteiger partial charge is 0.348 e. The molecule has 0 amide bonds. The number of carbonyl (C=O) groups excluding carboxylic acids is 1. The predicted octanol–water partition coefficient (Wildman–Crippen LogP) is 4.42. The van der Waals surface area contributed by atoms with E-state index in [0.717, 1.165) is 21.3 Å². The Morgan fingerprint density at radius 2 is 2.00 bits per heavy atom. The van der Waals surface area contributed by atoms with Gasteiger partial charge in [0.2, 0.25) is 0 Å². The van der Waals surface area contributed by atoms with Crippen LogP contribution in [0.3, 0.4) is 0 Å². The molecule has 0 aliphatic heterocycles. The summed E-state index contributed by atoms with van der Waals surface area (Å²) in [6.07, 6.45) is 0.599. The summed E-state index contributed by atoms with van der Waals surface area (Å²) in [5.74, 6) is 0.305. The van der Waals surface area contributed by atoms with Crippen molar-refractivity contribution in [2.45, 2.75) is 20.3 Å². The van der Waals surface area contributed by atoms with E-state index in [4.69, 9.17) is 16.3 Å². The fourth-order valence-electron chi connectivity index (χ4n) is 2.38. The monoisotopic (exact) mass is 346 g/mol. The van der Waals surface area contributed by atoms with Crippen molar-refractivity contribution in [3.8, 4) is 0 Å². The lowest BCUT2D eigenvalue weighted by Gasteiger charge is -2.02. The van der Waals surface area contributed by atoms with Gasteiger partial charge >= 0.3 is 5.97 Å². The first-order valence-electron chi connectivity index (χ1n) is 7.26. The highest BCUT2D eigenvalue weighted by molar-refractivity contribution is 7.20. The second-order valence-electron chi connectivity index (χ2n) is 5.05. The second kappa shape index (κ2) is 6.64. The zero-order valence-corrected chi connectivity index (χ0v) is 14.4. The largest absolute Gasteiger partial charge is 0.462 e.